The molecule has 0 spiro atoms. The maximum Gasteiger partial charge on any atom is 0.339 e. The summed E-state index contributed by atoms with van der Waals surface area (Å²) in [5.74, 6) is 0.342. The summed E-state index contributed by atoms with van der Waals surface area (Å²) < 4.78 is 5.11. The van der Waals surface area contributed by atoms with Crippen molar-refractivity contribution < 1.29 is 9.53 Å². The molecule has 0 unspecified atom stereocenters. The molecule has 0 aliphatic rings. The number of aromatic nitrogens is 2. The van der Waals surface area contributed by atoms with E-state index in [4.69, 9.17) is 4.74 Å². The van der Waals surface area contributed by atoms with Gasteiger partial charge in [-0.3, -0.25) is 0 Å². The molecule has 1 aromatic carbocycles. The normalized spacial score (nSPS) is 10.7. The molecule has 1 N–H and O–H groups in total. The predicted octanol–water partition coefficient (Wildman–Crippen LogP) is 3.52. The van der Waals surface area contributed by atoms with Crippen LogP contribution in [0.2, 0.25) is 0 Å². The van der Waals surface area contributed by atoms with Crippen LogP contribution < -0.4 is 5.32 Å². The number of nitrogens with zero attached hydrogens (tertiary/aromatic N) is 2. The molecule has 0 aliphatic heterocycles. The quantitative estimate of drug-likeness (QED) is 0.702. The van der Waals surface area contributed by atoms with E-state index in [0.717, 1.165) is 23.2 Å². The summed E-state index contributed by atoms with van der Waals surface area (Å²) in [6.07, 6.45) is 2.39. The Balaban J connectivity index is 1.80. The van der Waals surface area contributed by atoms with Gasteiger partial charge in [0, 0.05) is 11.9 Å². The molecule has 0 amide bonds. The lowest BCUT2D eigenvalue weighted by atomic mass is 10.1. The molecule has 23 heavy (non-hydrogen) atoms. The predicted molar refractivity (Wildman–Crippen MR) is 92.0 cm³/mol. The fraction of sp³-hybridized carbons (Fsp3) is 0.235. The second-order valence-electron chi connectivity index (χ2n) is 4.93. The second kappa shape index (κ2) is 7.19. The van der Waals surface area contributed by atoms with E-state index in [1.54, 1.807) is 12.3 Å². The van der Waals surface area contributed by atoms with Crippen molar-refractivity contribution in [2.45, 2.75) is 13.3 Å². The lowest BCUT2D eigenvalue weighted by molar-refractivity contribution is 0.0529. The Morgan fingerprint density at radius 1 is 1.26 bits per heavy atom. The highest BCUT2D eigenvalue weighted by Crippen LogP contribution is 2.29. The van der Waals surface area contributed by atoms with Crippen molar-refractivity contribution in [3.05, 3.63) is 53.2 Å². The molecule has 3 aromatic rings. The zero-order chi connectivity index (χ0) is 16.1. The topological polar surface area (TPSA) is 64.1 Å². The zero-order valence-corrected chi connectivity index (χ0v) is 13.6. The summed E-state index contributed by atoms with van der Waals surface area (Å²) in [5.41, 5.74) is 1.77. The van der Waals surface area contributed by atoms with Gasteiger partial charge in [0.05, 0.1) is 17.6 Å². The highest BCUT2D eigenvalue weighted by molar-refractivity contribution is 7.17. The van der Waals surface area contributed by atoms with E-state index in [1.165, 1.54) is 23.2 Å². The smallest absolute Gasteiger partial charge is 0.339 e. The minimum absolute atomic E-state index is 0.334. The molecule has 0 atom stereocenters. The molecule has 2 aromatic heterocycles. The molecule has 5 nitrogen and oxygen atoms in total. The van der Waals surface area contributed by atoms with Crippen LogP contribution in [-0.2, 0) is 11.2 Å². The van der Waals surface area contributed by atoms with Crippen LogP contribution in [0.4, 0.5) is 5.82 Å². The minimum atomic E-state index is -0.334. The highest BCUT2D eigenvalue weighted by Gasteiger charge is 2.17. The van der Waals surface area contributed by atoms with Gasteiger partial charge in [-0.15, -0.1) is 11.3 Å². The van der Waals surface area contributed by atoms with E-state index >= 15 is 0 Å². The van der Waals surface area contributed by atoms with Crippen LogP contribution in [0.3, 0.4) is 0 Å². The van der Waals surface area contributed by atoms with Crippen LogP contribution in [0.5, 0.6) is 0 Å². The van der Waals surface area contributed by atoms with E-state index in [-0.39, 0.29) is 5.97 Å². The molecular formula is C17H17N3O2S. The molecule has 0 radical (unpaired) electrons. The Kier molecular flexibility index (Phi) is 4.83. The molecule has 0 saturated carbocycles. The van der Waals surface area contributed by atoms with Gasteiger partial charge < -0.3 is 10.1 Å². The van der Waals surface area contributed by atoms with Crippen LogP contribution in [0.25, 0.3) is 10.2 Å². The molecule has 0 fully saturated rings. The van der Waals surface area contributed by atoms with Crippen molar-refractivity contribution in [2.24, 2.45) is 0 Å². The summed E-state index contributed by atoms with van der Waals surface area (Å²) in [7, 11) is 0. The third-order valence-electron chi connectivity index (χ3n) is 3.41. The van der Waals surface area contributed by atoms with Crippen molar-refractivity contribution in [2.75, 3.05) is 18.5 Å². The van der Waals surface area contributed by atoms with Crippen molar-refractivity contribution in [3.8, 4) is 0 Å². The summed E-state index contributed by atoms with van der Waals surface area (Å²) in [4.78, 5) is 21.4. The lowest BCUT2D eigenvalue weighted by Crippen LogP contribution is -2.09. The maximum atomic E-state index is 12.1. The molecule has 118 valence electrons. The average Bonchev–Trinajstić information content (AvgIpc) is 3.01. The highest BCUT2D eigenvalue weighted by atomic mass is 32.1. The Bertz CT molecular complexity index is 802. The van der Waals surface area contributed by atoms with Crippen LogP contribution in [0.15, 0.2) is 42.0 Å². The van der Waals surface area contributed by atoms with Gasteiger partial charge in [0.1, 0.15) is 17.0 Å². The number of carbonyl (C=O) groups is 1. The SMILES string of the molecule is CCOC(=O)c1csc2ncnc(NCCc3ccccc3)c12. The molecule has 0 bridgehead atoms. The van der Waals surface area contributed by atoms with Crippen molar-refractivity contribution in [3.63, 3.8) is 0 Å². The van der Waals surface area contributed by atoms with Gasteiger partial charge in [-0.2, -0.15) is 0 Å². The molecule has 0 aliphatic carbocycles. The van der Waals surface area contributed by atoms with Gasteiger partial charge >= 0.3 is 5.97 Å². The number of esters is 1. The Hall–Kier alpha value is -2.47. The fourth-order valence-electron chi connectivity index (χ4n) is 2.34. The van der Waals surface area contributed by atoms with Gasteiger partial charge in [-0.05, 0) is 18.9 Å². The molecule has 6 heteroatoms. The van der Waals surface area contributed by atoms with Crippen molar-refractivity contribution >= 4 is 33.3 Å². The first-order chi connectivity index (χ1) is 11.3. The fourth-order valence-corrected chi connectivity index (χ4v) is 3.21. The number of ether oxygens (including phenoxy) is 1. The van der Waals surface area contributed by atoms with E-state index in [0.29, 0.717) is 18.0 Å². The maximum absolute atomic E-state index is 12.1. The standard InChI is InChI=1S/C17H17N3O2S/c1-2-22-17(21)13-10-23-16-14(13)15(19-11-20-16)18-9-8-12-6-4-3-5-7-12/h3-7,10-11H,2,8-9H2,1H3,(H,18,19,20). The molecular weight excluding hydrogens is 310 g/mol. The second-order valence-corrected chi connectivity index (χ2v) is 5.79. The first-order valence-corrected chi connectivity index (χ1v) is 8.34. The average molecular weight is 327 g/mol. The third-order valence-corrected chi connectivity index (χ3v) is 4.30. The van der Waals surface area contributed by atoms with Crippen molar-refractivity contribution in [1.29, 1.82) is 0 Å². The number of thiophene rings is 1. The Morgan fingerprint density at radius 2 is 2.09 bits per heavy atom. The van der Waals surface area contributed by atoms with E-state index in [2.05, 4.69) is 27.4 Å². The summed E-state index contributed by atoms with van der Waals surface area (Å²) in [6.45, 7) is 2.87. The van der Waals surface area contributed by atoms with Crippen LogP contribution in [-0.4, -0.2) is 29.1 Å². The number of nitrogens with one attached hydrogen (secondary N) is 1. The Morgan fingerprint density at radius 3 is 2.87 bits per heavy atom. The first-order valence-electron chi connectivity index (χ1n) is 7.46. The molecule has 2 heterocycles. The minimum Gasteiger partial charge on any atom is -0.462 e. The Labute approximate surface area is 138 Å². The summed E-state index contributed by atoms with van der Waals surface area (Å²) in [6, 6.07) is 10.2. The monoisotopic (exact) mass is 327 g/mol. The number of rotatable bonds is 6. The zero-order valence-electron chi connectivity index (χ0n) is 12.8. The lowest BCUT2D eigenvalue weighted by Gasteiger charge is -2.08. The van der Waals surface area contributed by atoms with Crippen molar-refractivity contribution in [1.82, 2.24) is 9.97 Å². The van der Waals surface area contributed by atoms with E-state index in [9.17, 15) is 4.79 Å². The van der Waals surface area contributed by atoms with E-state index in [1.807, 2.05) is 18.2 Å². The number of anilines is 1. The largest absolute Gasteiger partial charge is 0.462 e. The van der Waals surface area contributed by atoms with Crippen LogP contribution in [0.1, 0.15) is 22.8 Å². The molecule has 3 rings (SSSR count). The number of hydrogen-bond donors (Lipinski definition) is 1. The van der Waals surface area contributed by atoms with Gasteiger partial charge in [0.25, 0.3) is 0 Å². The number of fused-ring (bicyclic) bond motifs is 1. The van der Waals surface area contributed by atoms with E-state index < -0.39 is 0 Å². The van der Waals surface area contributed by atoms with Gasteiger partial charge in [0.2, 0.25) is 0 Å². The van der Waals surface area contributed by atoms with Gasteiger partial charge in [0.15, 0.2) is 0 Å². The first kappa shape index (κ1) is 15.4. The van der Waals surface area contributed by atoms with Crippen LogP contribution in [0, 0.1) is 0 Å². The summed E-state index contributed by atoms with van der Waals surface area (Å²) in [5, 5.41) is 5.82. The number of hydrogen-bond acceptors (Lipinski definition) is 6. The molecule has 0 saturated heterocycles. The third kappa shape index (κ3) is 3.48. The number of carbonyl (C=O) groups excluding carboxylic acids is 1. The van der Waals surface area contributed by atoms with Crippen LogP contribution >= 0.6 is 11.3 Å². The van der Waals surface area contributed by atoms with Gasteiger partial charge in [-0.25, -0.2) is 14.8 Å². The number of benzene rings is 1. The summed E-state index contributed by atoms with van der Waals surface area (Å²) >= 11 is 1.42. The van der Waals surface area contributed by atoms with Gasteiger partial charge in [-0.1, -0.05) is 30.3 Å².